The first-order valence-electron chi connectivity index (χ1n) is 7.59. The molecule has 1 aliphatic carbocycles. The average Bonchev–Trinajstić information content (AvgIpc) is 3.20. The number of halogens is 1. The van der Waals surface area contributed by atoms with Gasteiger partial charge in [0.05, 0.1) is 6.10 Å². The first-order chi connectivity index (χ1) is 10.2. The fourth-order valence-corrected chi connectivity index (χ4v) is 2.62. The zero-order valence-corrected chi connectivity index (χ0v) is 12.8. The Kier molecular flexibility index (Phi) is 4.66. The summed E-state index contributed by atoms with van der Waals surface area (Å²) in [6.45, 7) is 2.88. The van der Waals surface area contributed by atoms with Crippen LogP contribution in [-0.4, -0.2) is 36.7 Å². The summed E-state index contributed by atoms with van der Waals surface area (Å²) in [5.41, 5.74) is 1.05. The number of nitrogens with zero attached hydrogens (tertiary/aromatic N) is 1. The van der Waals surface area contributed by atoms with Crippen molar-refractivity contribution < 1.29 is 9.53 Å². The topological polar surface area (TPSA) is 41.6 Å². The molecule has 1 heterocycles. The van der Waals surface area contributed by atoms with Gasteiger partial charge >= 0.3 is 6.03 Å². The normalized spacial score (nSPS) is 21.6. The Bertz CT molecular complexity index is 488. The van der Waals surface area contributed by atoms with Crippen LogP contribution < -0.4 is 5.32 Å². The Morgan fingerprint density at radius 3 is 2.76 bits per heavy atom. The maximum absolute atomic E-state index is 12.1. The van der Waals surface area contributed by atoms with Crippen LogP contribution in [0, 0.1) is 5.92 Å². The molecule has 3 rings (SSSR count). The maximum Gasteiger partial charge on any atom is 0.317 e. The summed E-state index contributed by atoms with van der Waals surface area (Å²) in [6, 6.07) is 7.51. The first-order valence-corrected chi connectivity index (χ1v) is 7.97. The van der Waals surface area contributed by atoms with E-state index >= 15 is 0 Å². The van der Waals surface area contributed by atoms with Gasteiger partial charge in [0.2, 0.25) is 0 Å². The molecule has 0 spiro atoms. The second-order valence-corrected chi connectivity index (χ2v) is 6.36. The van der Waals surface area contributed by atoms with Crippen LogP contribution in [0.25, 0.3) is 0 Å². The van der Waals surface area contributed by atoms with Gasteiger partial charge in [0.25, 0.3) is 0 Å². The molecule has 5 heteroatoms. The van der Waals surface area contributed by atoms with Crippen molar-refractivity contribution in [1.29, 1.82) is 0 Å². The Morgan fingerprint density at radius 1 is 1.29 bits per heavy atom. The molecule has 0 aromatic heterocycles. The van der Waals surface area contributed by atoms with Crippen molar-refractivity contribution in [3.05, 3.63) is 34.9 Å². The third-order valence-corrected chi connectivity index (χ3v) is 4.31. The van der Waals surface area contributed by atoms with Crippen LogP contribution in [0.4, 0.5) is 4.79 Å². The minimum atomic E-state index is -0.0116. The van der Waals surface area contributed by atoms with Crippen LogP contribution in [0.2, 0.25) is 5.02 Å². The van der Waals surface area contributed by atoms with Crippen molar-refractivity contribution in [3.8, 4) is 0 Å². The lowest BCUT2D eigenvalue weighted by Crippen LogP contribution is -2.38. The van der Waals surface area contributed by atoms with E-state index in [0.29, 0.717) is 18.1 Å². The van der Waals surface area contributed by atoms with Crippen molar-refractivity contribution >= 4 is 17.6 Å². The highest BCUT2D eigenvalue weighted by atomic mass is 35.5. The van der Waals surface area contributed by atoms with Gasteiger partial charge < -0.3 is 15.0 Å². The van der Waals surface area contributed by atoms with Crippen molar-refractivity contribution in [3.63, 3.8) is 0 Å². The molecule has 2 fully saturated rings. The molecule has 114 valence electrons. The van der Waals surface area contributed by atoms with Gasteiger partial charge in [0, 0.05) is 31.3 Å². The molecule has 1 saturated carbocycles. The van der Waals surface area contributed by atoms with Gasteiger partial charge in [-0.15, -0.1) is 0 Å². The number of hydrogen-bond acceptors (Lipinski definition) is 2. The molecule has 1 aliphatic heterocycles. The van der Waals surface area contributed by atoms with E-state index in [2.05, 4.69) is 5.32 Å². The molecule has 1 aromatic rings. The molecule has 2 amide bonds. The molecule has 2 aliphatic rings. The Balaban J connectivity index is 1.39. The highest BCUT2D eigenvalue weighted by Gasteiger charge is 2.29. The highest BCUT2D eigenvalue weighted by molar-refractivity contribution is 6.30. The van der Waals surface area contributed by atoms with E-state index in [1.807, 2.05) is 29.2 Å². The molecule has 1 saturated heterocycles. The van der Waals surface area contributed by atoms with E-state index in [1.54, 1.807) is 0 Å². The fraction of sp³-hybridized carbons (Fsp3) is 0.562. The zero-order chi connectivity index (χ0) is 14.7. The van der Waals surface area contributed by atoms with Crippen LogP contribution >= 0.6 is 11.6 Å². The number of carbonyl (C=O) groups excluding carboxylic acids is 1. The zero-order valence-electron chi connectivity index (χ0n) is 12.1. The number of nitrogens with one attached hydrogen (secondary N) is 1. The molecule has 0 bridgehead atoms. The predicted octanol–water partition coefficient (Wildman–Crippen LogP) is 3.05. The monoisotopic (exact) mass is 308 g/mol. The average molecular weight is 309 g/mol. The molecule has 4 nitrogen and oxygen atoms in total. The summed E-state index contributed by atoms with van der Waals surface area (Å²) in [4.78, 5) is 14.0. The summed E-state index contributed by atoms with van der Waals surface area (Å²) >= 11 is 5.84. The van der Waals surface area contributed by atoms with Crippen LogP contribution in [0.3, 0.4) is 0 Å². The van der Waals surface area contributed by atoms with Gasteiger partial charge in [-0.2, -0.15) is 0 Å². The molecule has 0 radical (unpaired) electrons. The first kappa shape index (κ1) is 14.7. The smallest absolute Gasteiger partial charge is 0.317 e. The van der Waals surface area contributed by atoms with Crippen LogP contribution in [-0.2, 0) is 11.3 Å². The van der Waals surface area contributed by atoms with Crippen molar-refractivity contribution in [2.45, 2.75) is 31.9 Å². The molecular weight excluding hydrogens is 288 g/mol. The Labute approximate surface area is 130 Å². The van der Waals surface area contributed by atoms with E-state index < -0.39 is 0 Å². The number of amides is 2. The van der Waals surface area contributed by atoms with E-state index in [1.165, 1.54) is 12.8 Å². The lowest BCUT2D eigenvalue weighted by molar-refractivity contribution is 0.0538. The number of hydrogen-bond donors (Lipinski definition) is 1. The van der Waals surface area contributed by atoms with Crippen LogP contribution in [0.5, 0.6) is 0 Å². The molecule has 1 unspecified atom stereocenters. The van der Waals surface area contributed by atoms with Gasteiger partial charge in [0.15, 0.2) is 0 Å². The summed E-state index contributed by atoms with van der Waals surface area (Å²) in [5, 5.41) is 3.66. The molecule has 1 aromatic carbocycles. The Hall–Kier alpha value is -1.26. The van der Waals surface area contributed by atoms with Crippen molar-refractivity contribution in [2.75, 3.05) is 19.7 Å². The number of rotatable bonds is 5. The molecular formula is C16H21ClN2O2. The van der Waals surface area contributed by atoms with E-state index in [9.17, 15) is 4.79 Å². The van der Waals surface area contributed by atoms with Gasteiger partial charge in [0.1, 0.15) is 0 Å². The Morgan fingerprint density at radius 2 is 2.05 bits per heavy atom. The van der Waals surface area contributed by atoms with Gasteiger partial charge in [-0.25, -0.2) is 4.79 Å². The van der Waals surface area contributed by atoms with E-state index in [-0.39, 0.29) is 12.1 Å². The van der Waals surface area contributed by atoms with E-state index in [4.69, 9.17) is 16.3 Å². The largest absolute Gasteiger partial charge is 0.376 e. The number of benzene rings is 1. The third-order valence-electron chi connectivity index (χ3n) is 4.05. The van der Waals surface area contributed by atoms with Crippen LogP contribution in [0.1, 0.15) is 24.8 Å². The summed E-state index contributed by atoms with van der Waals surface area (Å²) in [5.74, 6) is 0.776. The SMILES string of the molecule is O=C(NCc1ccc(Cl)cc1)N1CCC(OCC2CC2)C1. The minimum Gasteiger partial charge on any atom is -0.376 e. The molecule has 1 atom stereocenters. The van der Waals surface area contributed by atoms with Crippen LogP contribution in [0.15, 0.2) is 24.3 Å². The second kappa shape index (κ2) is 6.67. The van der Waals surface area contributed by atoms with Gasteiger partial charge in [-0.1, -0.05) is 23.7 Å². The maximum atomic E-state index is 12.1. The highest BCUT2D eigenvalue weighted by Crippen LogP contribution is 2.30. The number of carbonyl (C=O) groups is 1. The molecule has 21 heavy (non-hydrogen) atoms. The molecule has 1 N–H and O–H groups in total. The van der Waals surface area contributed by atoms with E-state index in [0.717, 1.165) is 31.1 Å². The minimum absolute atomic E-state index is 0.0116. The summed E-state index contributed by atoms with van der Waals surface area (Å²) in [7, 11) is 0. The number of likely N-dealkylation sites (tertiary alicyclic amines) is 1. The lowest BCUT2D eigenvalue weighted by Gasteiger charge is -2.17. The predicted molar refractivity (Wildman–Crippen MR) is 82.3 cm³/mol. The lowest BCUT2D eigenvalue weighted by atomic mass is 10.2. The van der Waals surface area contributed by atoms with Crippen molar-refractivity contribution in [2.24, 2.45) is 5.92 Å². The third kappa shape index (κ3) is 4.35. The van der Waals surface area contributed by atoms with Crippen molar-refractivity contribution in [1.82, 2.24) is 10.2 Å². The quantitative estimate of drug-likeness (QED) is 0.908. The second-order valence-electron chi connectivity index (χ2n) is 5.92. The summed E-state index contributed by atoms with van der Waals surface area (Å²) < 4.78 is 5.85. The van der Waals surface area contributed by atoms with Gasteiger partial charge in [-0.3, -0.25) is 0 Å². The summed E-state index contributed by atoms with van der Waals surface area (Å²) in [6.07, 6.45) is 3.77. The number of ether oxygens (including phenoxy) is 1. The fourth-order valence-electron chi connectivity index (χ4n) is 2.50. The number of urea groups is 1. The standard InChI is InChI=1S/C16H21ClN2O2/c17-14-5-3-12(4-6-14)9-18-16(20)19-8-7-15(10-19)21-11-13-1-2-13/h3-6,13,15H,1-2,7-11H2,(H,18,20). The van der Waals surface area contributed by atoms with Gasteiger partial charge in [-0.05, 0) is 42.9 Å².